The van der Waals surface area contributed by atoms with Crippen LogP contribution in [0.25, 0.3) is 0 Å². The Kier molecular flexibility index (Phi) is 7.23. The number of H-pyrrole nitrogens is 1. The number of nitrogens with zero attached hydrogens (tertiary/aromatic N) is 5. The number of rotatable bonds is 6. The van der Waals surface area contributed by atoms with Gasteiger partial charge in [0, 0.05) is 44.7 Å². The lowest BCUT2D eigenvalue weighted by Crippen LogP contribution is -2.49. The molecule has 1 aliphatic heterocycles. The Morgan fingerprint density at radius 1 is 1.14 bits per heavy atom. The number of Topliss-reactive ketones (excluding diaryl/α,β-unsaturated/α-hetero) is 1. The highest BCUT2D eigenvalue weighted by molar-refractivity contribution is 5.90. The number of piperazine rings is 1. The van der Waals surface area contributed by atoms with E-state index in [1.807, 2.05) is 11.0 Å². The highest BCUT2D eigenvalue weighted by atomic mass is 19.4. The zero-order valence-electron chi connectivity index (χ0n) is 19.1. The molecule has 1 saturated carbocycles. The van der Waals surface area contributed by atoms with Crippen molar-refractivity contribution in [3.8, 4) is 11.8 Å². The molecule has 10 nitrogen and oxygen atoms in total. The van der Waals surface area contributed by atoms with Gasteiger partial charge in [0.05, 0.1) is 24.3 Å². The van der Waals surface area contributed by atoms with Crippen molar-refractivity contribution in [1.29, 1.82) is 5.26 Å². The van der Waals surface area contributed by atoms with Gasteiger partial charge in [-0.1, -0.05) is 0 Å². The van der Waals surface area contributed by atoms with Crippen molar-refractivity contribution in [2.75, 3.05) is 37.7 Å². The summed E-state index contributed by atoms with van der Waals surface area (Å²) in [7, 11) is 0. The first-order valence-corrected chi connectivity index (χ1v) is 11.4. The van der Waals surface area contributed by atoms with E-state index in [0.717, 1.165) is 12.0 Å². The molecular weight excluding hydrogens is 481 g/mol. The van der Waals surface area contributed by atoms with Crippen molar-refractivity contribution in [3.05, 3.63) is 46.0 Å². The van der Waals surface area contributed by atoms with Gasteiger partial charge in [0.1, 0.15) is 17.7 Å². The van der Waals surface area contributed by atoms with Gasteiger partial charge < -0.3 is 14.5 Å². The topological polar surface area (TPSA) is 132 Å². The number of carbonyl (C=O) groups is 2. The van der Waals surface area contributed by atoms with Crippen LogP contribution < -0.4 is 15.2 Å². The Morgan fingerprint density at radius 3 is 2.50 bits per heavy atom. The van der Waals surface area contributed by atoms with Crippen LogP contribution in [0.4, 0.5) is 19.0 Å². The van der Waals surface area contributed by atoms with Crippen LogP contribution in [0.5, 0.6) is 5.75 Å². The van der Waals surface area contributed by atoms with Gasteiger partial charge >= 0.3 is 6.18 Å². The van der Waals surface area contributed by atoms with Gasteiger partial charge in [-0.25, -0.2) is 10.1 Å². The van der Waals surface area contributed by atoms with Crippen LogP contribution in [-0.2, 0) is 15.8 Å². The molecule has 0 bridgehead atoms. The lowest BCUT2D eigenvalue weighted by Gasteiger charge is -2.35. The molecule has 1 aliphatic carbocycles. The average molecular weight is 504 g/mol. The van der Waals surface area contributed by atoms with Gasteiger partial charge in [0.15, 0.2) is 11.3 Å². The van der Waals surface area contributed by atoms with Gasteiger partial charge in [-0.05, 0) is 25.0 Å². The molecule has 0 aromatic carbocycles. The number of ketones is 1. The fraction of sp³-hybridized carbons (Fsp3) is 0.478. The second-order valence-electron chi connectivity index (χ2n) is 8.71. The van der Waals surface area contributed by atoms with Gasteiger partial charge in [-0.2, -0.15) is 23.5 Å². The maximum Gasteiger partial charge on any atom is 0.425 e. The highest BCUT2D eigenvalue weighted by Crippen LogP contribution is 2.35. The van der Waals surface area contributed by atoms with E-state index in [1.54, 1.807) is 22.1 Å². The fourth-order valence-corrected chi connectivity index (χ4v) is 4.50. The summed E-state index contributed by atoms with van der Waals surface area (Å²) in [6.07, 6.45) is -1.82. The molecule has 2 aromatic rings. The van der Waals surface area contributed by atoms with Crippen molar-refractivity contribution >= 4 is 17.5 Å². The summed E-state index contributed by atoms with van der Waals surface area (Å²) in [6, 6.07) is 5.46. The molecule has 2 aliphatic rings. The monoisotopic (exact) mass is 504 g/mol. The summed E-state index contributed by atoms with van der Waals surface area (Å²) >= 11 is 0. The molecule has 0 radical (unpaired) electrons. The molecule has 36 heavy (non-hydrogen) atoms. The number of aromatic nitrogens is 3. The normalized spacial score (nSPS) is 20.3. The summed E-state index contributed by atoms with van der Waals surface area (Å²) in [4.78, 5) is 45.1. The maximum absolute atomic E-state index is 13.2. The number of hydrogen-bond acceptors (Lipinski definition) is 8. The van der Waals surface area contributed by atoms with Crippen molar-refractivity contribution < 1.29 is 27.5 Å². The summed E-state index contributed by atoms with van der Waals surface area (Å²) in [5, 5.41) is 14.0. The van der Waals surface area contributed by atoms with Crippen molar-refractivity contribution in [3.63, 3.8) is 0 Å². The van der Waals surface area contributed by atoms with Crippen molar-refractivity contribution in [1.82, 2.24) is 20.1 Å². The van der Waals surface area contributed by atoms with Crippen molar-refractivity contribution in [2.45, 2.75) is 25.4 Å². The minimum Gasteiger partial charge on any atom is -0.490 e. The van der Waals surface area contributed by atoms with E-state index >= 15 is 0 Å². The van der Waals surface area contributed by atoms with E-state index in [9.17, 15) is 27.6 Å². The van der Waals surface area contributed by atoms with E-state index in [0.29, 0.717) is 44.6 Å². The Balaban J connectivity index is 1.28. The molecular formula is C23H23F3N6O4. The number of ether oxygens (including phenoxy) is 1. The number of carbonyl (C=O) groups excluding carboxylic acids is 2. The summed E-state index contributed by atoms with van der Waals surface area (Å²) < 4.78 is 44.7. The van der Waals surface area contributed by atoms with Crippen LogP contribution in [0.3, 0.4) is 0 Å². The Bertz CT molecular complexity index is 1220. The van der Waals surface area contributed by atoms with Crippen LogP contribution in [0.1, 0.15) is 30.4 Å². The number of hydrogen-bond donors (Lipinski definition) is 1. The van der Waals surface area contributed by atoms with Crippen LogP contribution in [-0.4, -0.2) is 64.6 Å². The third-order valence-corrected chi connectivity index (χ3v) is 6.47. The number of pyridine rings is 1. The van der Waals surface area contributed by atoms with Gasteiger partial charge in [0.2, 0.25) is 5.91 Å². The second kappa shape index (κ2) is 10.3. The van der Waals surface area contributed by atoms with E-state index in [2.05, 4.69) is 10.1 Å². The largest absolute Gasteiger partial charge is 0.490 e. The molecule has 4 rings (SSSR count). The van der Waals surface area contributed by atoms with E-state index < -0.39 is 34.9 Å². The number of nitriles is 1. The minimum atomic E-state index is -4.93. The summed E-state index contributed by atoms with van der Waals surface area (Å²) in [5.74, 6) is -1.57. The minimum absolute atomic E-state index is 0.0326. The molecule has 2 atom stereocenters. The predicted octanol–water partition coefficient (Wildman–Crippen LogP) is 1.77. The van der Waals surface area contributed by atoms with Crippen LogP contribution in [0.2, 0.25) is 0 Å². The second-order valence-corrected chi connectivity index (χ2v) is 8.71. The van der Waals surface area contributed by atoms with Crippen molar-refractivity contribution in [2.24, 2.45) is 11.8 Å². The SMILES string of the molecule is N#Cc1ccc(N2CCN(C(=O)C[C@H]3CC[C@@H](COc4cn[nH]c(=O)c4C(F)(F)F)C3=O)CC2)nc1. The Morgan fingerprint density at radius 2 is 1.86 bits per heavy atom. The molecule has 1 saturated heterocycles. The van der Waals surface area contributed by atoms with E-state index in [4.69, 9.17) is 10.00 Å². The fourth-order valence-electron chi connectivity index (χ4n) is 4.50. The maximum atomic E-state index is 13.2. The van der Waals surface area contributed by atoms with E-state index in [1.165, 1.54) is 6.20 Å². The third-order valence-electron chi connectivity index (χ3n) is 6.47. The summed E-state index contributed by atoms with van der Waals surface area (Å²) in [6.45, 7) is 1.72. The molecule has 2 fully saturated rings. The Labute approximate surface area is 203 Å². The Hall–Kier alpha value is -3.95. The first kappa shape index (κ1) is 25.2. The average Bonchev–Trinajstić information content (AvgIpc) is 3.20. The number of nitrogens with one attached hydrogen (secondary N) is 1. The first-order valence-electron chi connectivity index (χ1n) is 11.4. The quantitative estimate of drug-likeness (QED) is 0.630. The number of aromatic amines is 1. The number of anilines is 1. The molecule has 0 spiro atoms. The standard InChI is InChI=1S/C23H23F3N6O4/c24-23(25,26)20-17(12-29-30-22(20)35)36-13-16-3-2-15(21(16)34)9-19(33)32-7-5-31(6-8-32)18-4-1-14(10-27)11-28-18/h1,4,11-12,15-16H,2-3,5-9,13H2,(H,30,35)/t15-,16+/m1/s1. The number of amides is 1. The lowest BCUT2D eigenvalue weighted by atomic mass is 9.99. The third kappa shape index (κ3) is 5.48. The van der Waals surface area contributed by atoms with Crippen LogP contribution in [0.15, 0.2) is 29.3 Å². The van der Waals surface area contributed by atoms with Gasteiger partial charge in [-0.15, -0.1) is 0 Å². The van der Waals surface area contributed by atoms with Crippen LogP contribution >= 0.6 is 0 Å². The lowest BCUT2D eigenvalue weighted by molar-refractivity contribution is -0.140. The zero-order chi connectivity index (χ0) is 25.9. The van der Waals surface area contributed by atoms with Gasteiger partial charge in [0.25, 0.3) is 5.56 Å². The number of halogens is 3. The smallest absolute Gasteiger partial charge is 0.425 e. The first-order chi connectivity index (χ1) is 17.2. The molecule has 13 heteroatoms. The molecule has 1 N–H and O–H groups in total. The highest BCUT2D eigenvalue weighted by Gasteiger charge is 2.40. The molecule has 3 heterocycles. The molecule has 1 amide bonds. The number of alkyl halides is 3. The molecule has 0 unspecified atom stereocenters. The predicted molar refractivity (Wildman–Crippen MR) is 119 cm³/mol. The van der Waals surface area contributed by atoms with Gasteiger partial charge in [-0.3, -0.25) is 14.4 Å². The zero-order valence-corrected chi connectivity index (χ0v) is 19.1. The summed E-state index contributed by atoms with van der Waals surface area (Å²) in [5.41, 5.74) is -2.45. The molecule has 190 valence electrons. The van der Waals surface area contributed by atoms with E-state index in [-0.39, 0.29) is 24.7 Å². The molecule has 2 aromatic heterocycles. The van der Waals surface area contributed by atoms with Crippen LogP contribution in [0, 0.1) is 23.2 Å².